The molecule has 2 heterocycles. The molecule has 20 heavy (non-hydrogen) atoms. The lowest BCUT2D eigenvalue weighted by molar-refractivity contribution is -0.122. The molecule has 1 saturated heterocycles. The van der Waals surface area contributed by atoms with Gasteiger partial charge >= 0.3 is 0 Å². The molecule has 1 aliphatic heterocycles. The first-order valence-corrected chi connectivity index (χ1v) is 7.22. The lowest BCUT2D eigenvalue weighted by Gasteiger charge is -2.36. The first-order chi connectivity index (χ1) is 9.66. The van der Waals surface area contributed by atoms with Gasteiger partial charge in [-0.2, -0.15) is 5.10 Å². The van der Waals surface area contributed by atoms with Crippen molar-refractivity contribution in [3.8, 4) is 0 Å². The Balaban J connectivity index is 1.80. The zero-order valence-electron chi connectivity index (χ0n) is 12.3. The maximum absolute atomic E-state index is 11.9. The van der Waals surface area contributed by atoms with Crippen molar-refractivity contribution in [3.63, 3.8) is 0 Å². The number of ether oxygens (including phenoxy) is 1. The Hall–Kier alpha value is -1.40. The van der Waals surface area contributed by atoms with E-state index in [2.05, 4.69) is 29.2 Å². The molecular formula is C14H24N4O2. The molecule has 1 aliphatic rings. The van der Waals surface area contributed by atoms with E-state index in [4.69, 9.17) is 4.74 Å². The fourth-order valence-electron chi connectivity index (χ4n) is 2.51. The second kappa shape index (κ2) is 7.40. The molecule has 6 heteroatoms. The molecule has 0 bridgehead atoms. The molecule has 6 nitrogen and oxygen atoms in total. The molecule has 1 fully saturated rings. The van der Waals surface area contributed by atoms with E-state index in [0.29, 0.717) is 18.5 Å². The number of nitrogens with one attached hydrogen (secondary N) is 1. The fourth-order valence-corrected chi connectivity index (χ4v) is 2.51. The molecule has 1 N–H and O–H groups in total. The van der Waals surface area contributed by atoms with Crippen molar-refractivity contribution in [2.75, 3.05) is 32.8 Å². The second-order valence-electron chi connectivity index (χ2n) is 5.47. The molecule has 1 amide bonds. The van der Waals surface area contributed by atoms with Crippen LogP contribution in [0.2, 0.25) is 0 Å². The summed E-state index contributed by atoms with van der Waals surface area (Å²) in [5.41, 5.74) is 0. The minimum Gasteiger partial charge on any atom is -0.379 e. The van der Waals surface area contributed by atoms with E-state index >= 15 is 0 Å². The minimum atomic E-state index is 0.00705. The molecule has 0 saturated carbocycles. The Labute approximate surface area is 120 Å². The van der Waals surface area contributed by atoms with Gasteiger partial charge in [0.15, 0.2) is 0 Å². The molecule has 1 atom stereocenters. The van der Waals surface area contributed by atoms with Crippen LogP contribution in [0.3, 0.4) is 0 Å². The highest BCUT2D eigenvalue weighted by atomic mass is 16.5. The van der Waals surface area contributed by atoms with Gasteiger partial charge in [-0.25, -0.2) is 0 Å². The molecular weight excluding hydrogens is 256 g/mol. The van der Waals surface area contributed by atoms with Crippen molar-refractivity contribution < 1.29 is 9.53 Å². The third-order valence-corrected chi connectivity index (χ3v) is 3.66. The summed E-state index contributed by atoms with van der Waals surface area (Å²) < 4.78 is 7.02. The first kappa shape index (κ1) is 15.0. The third-order valence-electron chi connectivity index (χ3n) is 3.66. The number of nitrogens with zero attached hydrogens (tertiary/aromatic N) is 3. The largest absolute Gasteiger partial charge is 0.379 e. The smallest absolute Gasteiger partial charge is 0.241 e. The van der Waals surface area contributed by atoms with Gasteiger partial charge in [0.05, 0.1) is 13.2 Å². The average Bonchev–Trinajstić information content (AvgIpc) is 2.92. The number of aromatic nitrogens is 2. The molecule has 112 valence electrons. The Morgan fingerprint density at radius 1 is 1.40 bits per heavy atom. The molecule has 0 aromatic carbocycles. The van der Waals surface area contributed by atoms with Crippen molar-refractivity contribution >= 4 is 5.91 Å². The van der Waals surface area contributed by atoms with E-state index in [1.165, 1.54) is 0 Å². The van der Waals surface area contributed by atoms with Gasteiger partial charge in [0, 0.05) is 38.1 Å². The highest BCUT2D eigenvalue weighted by Crippen LogP contribution is 2.12. The lowest BCUT2D eigenvalue weighted by Crippen LogP contribution is -2.51. The fraction of sp³-hybridized carbons (Fsp3) is 0.714. The minimum absolute atomic E-state index is 0.00705. The monoisotopic (exact) mass is 280 g/mol. The highest BCUT2D eigenvalue weighted by molar-refractivity contribution is 5.75. The van der Waals surface area contributed by atoms with Crippen molar-refractivity contribution in [1.29, 1.82) is 0 Å². The molecule has 0 aliphatic carbocycles. The maximum atomic E-state index is 11.9. The number of amides is 1. The standard InChI is InChI=1S/C14H24N4O2/c1-12(2)13(17-6-8-20-9-7-17)10-15-14(19)11-18-5-3-4-16-18/h3-5,12-13H,6-11H2,1-2H3,(H,15,19)/t13-/m1/s1. The topological polar surface area (TPSA) is 59.4 Å². The Morgan fingerprint density at radius 3 is 2.75 bits per heavy atom. The van der Waals surface area contributed by atoms with Crippen molar-refractivity contribution in [1.82, 2.24) is 20.0 Å². The Morgan fingerprint density at radius 2 is 2.15 bits per heavy atom. The maximum Gasteiger partial charge on any atom is 0.241 e. The number of carbonyl (C=O) groups is 1. The van der Waals surface area contributed by atoms with Gasteiger partial charge in [-0.3, -0.25) is 14.4 Å². The zero-order valence-corrected chi connectivity index (χ0v) is 12.3. The van der Waals surface area contributed by atoms with Crippen LogP contribution in [0.4, 0.5) is 0 Å². The van der Waals surface area contributed by atoms with Gasteiger partial charge < -0.3 is 10.1 Å². The molecule has 1 aromatic rings. The molecule has 0 radical (unpaired) electrons. The van der Waals surface area contributed by atoms with E-state index in [0.717, 1.165) is 26.3 Å². The molecule has 0 spiro atoms. The van der Waals surface area contributed by atoms with Crippen LogP contribution in [-0.2, 0) is 16.1 Å². The quantitative estimate of drug-likeness (QED) is 0.817. The summed E-state index contributed by atoms with van der Waals surface area (Å²) in [5.74, 6) is 0.505. The summed E-state index contributed by atoms with van der Waals surface area (Å²) in [7, 11) is 0. The zero-order chi connectivity index (χ0) is 14.4. The van der Waals surface area contributed by atoms with Crippen molar-refractivity contribution in [2.45, 2.75) is 26.4 Å². The molecule has 1 aromatic heterocycles. The third kappa shape index (κ3) is 4.31. The van der Waals surface area contributed by atoms with Gasteiger partial charge in [-0.15, -0.1) is 0 Å². The van der Waals surface area contributed by atoms with E-state index in [9.17, 15) is 4.79 Å². The number of hydrogen-bond acceptors (Lipinski definition) is 4. The molecule has 2 rings (SSSR count). The van der Waals surface area contributed by atoms with E-state index in [1.54, 1.807) is 17.1 Å². The Bertz CT molecular complexity index is 399. The predicted molar refractivity (Wildman–Crippen MR) is 76.3 cm³/mol. The summed E-state index contributed by atoms with van der Waals surface area (Å²) in [4.78, 5) is 14.3. The van der Waals surface area contributed by atoms with E-state index < -0.39 is 0 Å². The molecule has 0 unspecified atom stereocenters. The number of hydrogen-bond donors (Lipinski definition) is 1. The average molecular weight is 280 g/mol. The highest BCUT2D eigenvalue weighted by Gasteiger charge is 2.24. The van der Waals surface area contributed by atoms with Gasteiger partial charge in [0.25, 0.3) is 0 Å². The first-order valence-electron chi connectivity index (χ1n) is 7.22. The van der Waals surface area contributed by atoms with Crippen LogP contribution < -0.4 is 5.32 Å². The van der Waals surface area contributed by atoms with Crippen molar-refractivity contribution in [2.24, 2.45) is 5.92 Å². The van der Waals surface area contributed by atoms with Crippen LogP contribution in [-0.4, -0.2) is 59.5 Å². The SMILES string of the molecule is CC(C)[C@@H](CNC(=O)Cn1cccn1)N1CCOCC1. The summed E-state index contributed by atoms with van der Waals surface area (Å²) in [6.45, 7) is 8.79. The van der Waals surface area contributed by atoms with Crippen LogP contribution in [0.1, 0.15) is 13.8 Å². The number of morpholine rings is 1. The predicted octanol–water partition coefficient (Wildman–Crippen LogP) is 0.356. The summed E-state index contributed by atoms with van der Waals surface area (Å²) in [5, 5.41) is 7.05. The number of carbonyl (C=O) groups excluding carboxylic acids is 1. The van der Waals surface area contributed by atoms with Gasteiger partial charge in [0.2, 0.25) is 5.91 Å². The van der Waals surface area contributed by atoms with E-state index in [-0.39, 0.29) is 12.5 Å². The summed E-state index contributed by atoms with van der Waals surface area (Å²) in [6.07, 6.45) is 3.47. The van der Waals surface area contributed by atoms with Gasteiger partial charge in [-0.05, 0) is 12.0 Å². The Kier molecular flexibility index (Phi) is 5.55. The van der Waals surface area contributed by atoms with Crippen LogP contribution in [0.25, 0.3) is 0 Å². The van der Waals surface area contributed by atoms with Crippen LogP contribution >= 0.6 is 0 Å². The number of rotatable bonds is 6. The summed E-state index contributed by atoms with van der Waals surface area (Å²) >= 11 is 0. The van der Waals surface area contributed by atoms with Crippen LogP contribution in [0.15, 0.2) is 18.5 Å². The van der Waals surface area contributed by atoms with Crippen LogP contribution in [0, 0.1) is 5.92 Å². The normalized spacial score (nSPS) is 18.1. The van der Waals surface area contributed by atoms with E-state index in [1.807, 2.05) is 6.07 Å². The summed E-state index contributed by atoms with van der Waals surface area (Å²) in [6, 6.07) is 2.18. The van der Waals surface area contributed by atoms with Crippen LogP contribution in [0.5, 0.6) is 0 Å². The lowest BCUT2D eigenvalue weighted by atomic mass is 10.0. The van der Waals surface area contributed by atoms with Gasteiger partial charge in [-0.1, -0.05) is 13.8 Å². The second-order valence-corrected chi connectivity index (χ2v) is 5.47. The van der Waals surface area contributed by atoms with Crippen molar-refractivity contribution in [3.05, 3.63) is 18.5 Å². The van der Waals surface area contributed by atoms with Gasteiger partial charge in [0.1, 0.15) is 6.54 Å².